The molecule has 1 saturated heterocycles. The van der Waals surface area contributed by atoms with Crippen molar-refractivity contribution in [2.24, 2.45) is 5.92 Å². The van der Waals surface area contributed by atoms with Gasteiger partial charge in [0, 0.05) is 43.2 Å². The van der Waals surface area contributed by atoms with Crippen LogP contribution in [0.2, 0.25) is 0 Å². The van der Waals surface area contributed by atoms with Gasteiger partial charge in [-0.05, 0) is 49.7 Å². The van der Waals surface area contributed by atoms with Crippen LogP contribution in [0.15, 0.2) is 46.1 Å². The number of fused-ring (bicyclic) bond motifs is 6. The van der Waals surface area contributed by atoms with Crippen LogP contribution in [-0.2, 0) is 6.54 Å². The molecule has 36 heavy (non-hydrogen) atoms. The maximum absolute atomic E-state index is 13.0. The predicted octanol–water partition coefficient (Wildman–Crippen LogP) is 4.04. The molecule has 1 aromatic carbocycles. The number of unbranched alkanes of at least 4 members (excludes halogenated alkanes) is 1. The number of aromatic nitrogens is 3. The summed E-state index contributed by atoms with van der Waals surface area (Å²) in [5.74, 6) is 2.76. The van der Waals surface area contributed by atoms with E-state index in [0.717, 1.165) is 55.3 Å². The topological polar surface area (TPSA) is 89.5 Å². The number of H-pyrrole nitrogens is 1. The molecule has 0 amide bonds. The summed E-state index contributed by atoms with van der Waals surface area (Å²) < 4.78 is 14.2. The van der Waals surface area contributed by atoms with Crippen molar-refractivity contribution in [3.05, 3.63) is 62.9 Å². The van der Waals surface area contributed by atoms with Gasteiger partial charge in [-0.25, -0.2) is 4.79 Å². The highest BCUT2D eigenvalue weighted by molar-refractivity contribution is 7.25. The van der Waals surface area contributed by atoms with E-state index >= 15 is 0 Å². The molecule has 1 N–H and O–H groups in total. The molecular formula is C25H28Cl2N4O4S. The molecule has 8 nitrogen and oxygen atoms in total. The molecule has 0 saturated carbocycles. The minimum Gasteiger partial charge on any atom is -0.497 e. The van der Waals surface area contributed by atoms with Crippen LogP contribution < -0.4 is 20.7 Å². The van der Waals surface area contributed by atoms with E-state index < -0.39 is 0 Å². The highest BCUT2D eigenvalue weighted by atomic mass is 35.5. The zero-order chi connectivity index (χ0) is 23.2. The number of thiophene rings is 1. The fourth-order valence-electron chi connectivity index (χ4n) is 5.33. The third kappa shape index (κ3) is 4.61. The number of methoxy groups -OCH3 is 1. The Morgan fingerprint density at radius 2 is 2.00 bits per heavy atom. The molecule has 11 heteroatoms. The molecular weight excluding hydrogens is 523 g/mol. The largest absolute Gasteiger partial charge is 0.497 e. The molecule has 192 valence electrons. The Hall–Kier alpha value is -2.59. The lowest BCUT2D eigenvalue weighted by Crippen LogP contribution is -2.34. The van der Waals surface area contributed by atoms with Crippen LogP contribution >= 0.6 is 36.2 Å². The molecule has 1 fully saturated rings. The van der Waals surface area contributed by atoms with Gasteiger partial charge in [0.25, 0.3) is 5.56 Å². The number of aromatic amines is 1. The Kier molecular flexibility index (Phi) is 7.94. The summed E-state index contributed by atoms with van der Waals surface area (Å²) in [4.78, 5) is 35.3. The quantitative estimate of drug-likeness (QED) is 0.364. The lowest BCUT2D eigenvalue weighted by Gasteiger charge is -2.28. The molecule has 2 aliphatic rings. The van der Waals surface area contributed by atoms with Gasteiger partial charge < -0.3 is 19.4 Å². The molecule has 4 aromatic rings. The molecule has 0 spiro atoms. The van der Waals surface area contributed by atoms with Gasteiger partial charge in [-0.3, -0.25) is 14.3 Å². The second-order valence-corrected chi connectivity index (χ2v) is 10.1. The van der Waals surface area contributed by atoms with Gasteiger partial charge in [0.05, 0.1) is 23.9 Å². The fourth-order valence-corrected chi connectivity index (χ4v) is 6.39. The lowest BCUT2D eigenvalue weighted by molar-refractivity contribution is 0.212. The standard InChI is InChI=1S/C25H26N4O4S.2ClH/c1-32-16-6-7-19-17(11-16)18-13-28(12-15(18)14-33-19)9-2-3-10-29-24(30)23-22(27-25(29)31)21-20(34-23)5-4-8-26-21;;/h4-8,11,15,18H,2-3,9-10,12-14H2,1H3,(H,27,31);2*1H/t15-,18-;;/m1../s1. The summed E-state index contributed by atoms with van der Waals surface area (Å²) in [7, 11) is 1.69. The number of pyridine rings is 1. The van der Waals surface area contributed by atoms with Crippen molar-refractivity contribution in [2.75, 3.05) is 33.4 Å². The SMILES string of the molecule is COc1ccc2c(c1)[C@@H]1CN(CCCCn3c(=O)[nH]c4c(sc5cccnc54)c3=O)C[C@@H]1CO2.Cl.Cl. The molecule has 2 aliphatic heterocycles. The number of nitrogens with one attached hydrogen (secondary N) is 1. The van der Waals surface area contributed by atoms with Crippen LogP contribution in [0, 0.1) is 5.92 Å². The van der Waals surface area contributed by atoms with Crippen molar-refractivity contribution >= 4 is 56.6 Å². The number of ether oxygens (including phenoxy) is 2. The summed E-state index contributed by atoms with van der Waals surface area (Å²) in [6.07, 6.45) is 3.36. The Bertz CT molecular complexity index is 1500. The van der Waals surface area contributed by atoms with Gasteiger partial charge in [0.2, 0.25) is 0 Å². The van der Waals surface area contributed by atoms with E-state index in [-0.39, 0.29) is 36.1 Å². The van der Waals surface area contributed by atoms with E-state index in [2.05, 4.69) is 20.9 Å². The van der Waals surface area contributed by atoms with E-state index in [1.807, 2.05) is 24.3 Å². The van der Waals surface area contributed by atoms with E-state index in [9.17, 15) is 9.59 Å². The molecule has 0 unspecified atom stereocenters. The molecule has 5 heterocycles. The third-order valence-corrected chi connectivity index (χ3v) is 8.19. The van der Waals surface area contributed by atoms with E-state index in [4.69, 9.17) is 9.47 Å². The average molecular weight is 551 g/mol. The van der Waals surface area contributed by atoms with Crippen molar-refractivity contribution < 1.29 is 9.47 Å². The number of halogens is 2. The normalized spacial score (nSPS) is 18.7. The van der Waals surface area contributed by atoms with Gasteiger partial charge in [0.15, 0.2) is 0 Å². The second kappa shape index (κ2) is 10.8. The number of rotatable bonds is 6. The lowest BCUT2D eigenvalue weighted by atomic mass is 9.87. The number of nitrogens with zero attached hydrogens (tertiary/aromatic N) is 3. The maximum atomic E-state index is 13.0. The fraction of sp³-hybridized carbons (Fsp3) is 0.400. The van der Waals surface area contributed by atoms with Crippen LogP contribution in [0.4, 0.5) is 0 Å². The predicted molar refractivity (Wildman–Crippen MR) is 147 cm³/mol. The third-order valence-electron chi connectivity index (χ3n) is 7.06. The second-order valence-electron chi connectivity index (χ2n) is 9.09. The first kappa shape index (κ1) is 26.5. The highest BCUT2D eigenvalue weighted by Gasteiger charge is 2.38. The summed E-state index contributed by atoms with van der Waals surface area (Å²) in [6, 6.07) is 9.81. The van der Waals surface area contributed by atoms with Crippen LogP contribution in [-0.4, -0.2) is 52.8 Å². The molecule has 2 atom stereocenters. The van der Waals surface area contributed by atoms with Gasteiger partial charge in [0.1, 0.15) is 21.7 Å². The number of hydrogen-bond donors (Lipinski definition) is 1. The van der Waals surface area contributed by atoms with Crippen LogP contribution in [0.3, 0.4) is 0 Å². The van der Waals surface area contributed by atoms with Crippen LogP contribution in [0.1, 0.15) is 24.3 Å². The molecule has 0 bridgehead atoms. The average Bonchev–Trinajstić information content (AvgIpc) is 3.45. The first-order valence-corrected chi connectivity index (χ1v) is 12.5. The summed E-state index contributed by atoms with van der Waals surface area (Å²) >= 11 is 1.38. The number of likely N-dealkylation sites (tertiary alicyclic amines) is 1. The smallest absolute Gasteiger partial charge is 0.328 e. The Labute approximate surface area is 224 Å². The van der Waals surface area contributed by atoms with E-state index in [1.54, 1.807) is 13.3 Å². The van der Waals surface area contributed by atoms with Gasteiger partial charge in [-0.2, -0.15) is 0 Å². The monoisotopic (exact) mass is 550 g/mol. The number of benzene rings is 1. The highest BCUT2D eigenvalue weighted by Crippen LogP contribution is 2.43. The molecule has 0 aliphatic carbocycles. The van der Waals surface area contributed by atoms with E-state index in [1.165, 1.54) is 21.5 Å². The van der Waals surface area contributed by atoms with Crippen molar-refractivity contribution in [2.45, 2.75) is 25.3 Å². The van der Waals surface area contributed by atoms with Crippen molar-refractivity contribution in [1.82, 2.24) is 19.4 Å². The molecule has 3 aromatic heterocycles. The summed E-state index contributed by atoms with van der Waals surface area (Å²) in [5, 5.41) is 0. The molecule has 6 rings (SSSR count). The first-order chi connectivity index (χ1) is 16.6. The van der Waals surface area contributed by atoms with Gasteiger partial charge in [-0.15, -0.1) is 36.2 Å². The maximum Gasteiger partial charge on any atom is 0.328 e. The summed E-state index contributed by atoms with van der Waals surface area (Å²) in [5.41, 5.74) is 1.88. The minimum atomic E-state index is -0.363. The number of hydrogen-bond acceptors (Lipinski definition) is 7. The minimum absolute atomic E-state index is 0. The summed E-state index contributed by atoms with van der Waals surface area (Å²) in [6.45, 7) is 4.09. The first-order valence-electron chi connectivity index (χ1n) is 11.7. The Morgan fingerprint density at radius 1 is 1.17 bits per heavy atom. The van der Waals surface area contributed by atoms with E-state index in [0.29, 0.717) is 34.1 Å². The van der Waals surface area contributed by atoms with Crippen LogP contribution in [0.5, 0.6) is 11.5 Å². The zero-order valence-corrected chi connectivity index (χ0v) is 22.2. The van der Waals surface area contributed by atoms with Crippen LogP contribution in [0.25, 0.3) is 20.4 Å². The van der Waals surface area contributed by atoms with Gasteiger partial charge in [-0.1, -0.05) is 0 Å². The zero-order valence-electron chi connectivity index (χ0n) is 19.8. The van der Waals surface area contributed by atoms with Crippen molar-refractivity contribution in [3.8, 4) is 11.5 Å². The van der Waals surface area contributed by atoms with Crippen molar-refractivity contribution in [3.63, 3.8) is 0 Å². The Balaban J connectivity index is 0.00000152. The molecule has 0 radical (unpaired) electrons. The van der Waals surface area contributed by atoms with Crippen molar-refractivity contribution in [1.29, 1.82) is 0 Å². The van der Waals surface area contributed by atoms with Gasteiger partial charge >= 0.3 is 5.69 Å². The Morgan fingerprint density at radius 3 is 2.83 bits per heavy atom.